The molecule has 140 valence electrons. The maximum atomic E-state index is 12.4. The summed E-state index contributed by atoms with van der Waals surface area (Å²) in [5.74, 6) is 1.50. The van der Waals surface area contributed by atoms with Crippen LogP contribution in [0.3, 0.4) is 0 Å². The number of nitrogens with zero attached hydrogens (tertiary/aromatic N) is 1. The van der Waals surface area contributed by atoms with Crippen LogP contribution in [0.4, 0.5) is 4.79 Å². The molecule has 4 rings (SSSR count). The molecular formula is C21H23N3O3. The van der Waals surface area contributed by atoms with Crippen molar-refractivity contribution < 1.29 is 14.3 Å². The van der Waals surface area contributed by atoms with Crippen LogP contribution in [0, 0.1) is 0 Å². The molecule has 2 amide bonds. The highest BCUT2D eigenvalue weighted by Gasteiger charge is 2.14. The average molecular weight is 365 g/mol. The number of para-hydroxylation sites is 1. The van der Waals surface area contributed by atoms with Gasteiger partial charge in [0.05, 0.1) is 0 Å². The molecule has 0 unspecified atom stereocenters. The summed E-state index contributed by atoms with van der Waals surface area (Å²) in [6, 6.07) is 13.9. The Labute approximate surface area is 158 Å². The van der Waals surface area contributed by atoms with E-state index in [1.807, 2.05) is 36.5 Å². The van der Waals surface area contributed by atoms with Crippen molar-refractivity contribution in [3.63, 3.8) is 0 Å². The van der Waals surface area contributed by atoms with E-state index in [1.165, 1.54) is 10.9 Å². The van der Waals surface area contributed by atoms with E-state index in [2.05, 4.69) is 22.4 Å². The molecule has 1 aliphatic rings. The smallest absolute Gasteiger partial charge is 0.317 e. The van der Waals surface area contributed by atoms with Gasteiger partial charge in [0.15, 0.2) is 11.5 Å². The van der Waals surface area contributed by atoms with Crippen molar-refractivity contribution in [2.45, 2.75) is 13.0 Å². The van der Waals surface area contributed by atoms with Crippen LogP contribution in [0.2, 0.25) is 0 Å². The molecule has 0 spiro atoms. The molecule has 0 radical (unpaired) electrons. The minimum atomic E-state index is -0.0928. The average Bonchev–Trinajstić information content (AvgIpc) is 3.11. The number of fused-ring (bicyclic) bond motifs is 2. The Morgan fingerprint density at radius 2 is 1.96 bits per heavy atom. The van der Waals surface area contributed by atoms with Crippen molar-refractivity contribution in [2.75, 3.05) is 26.8 Å². The van der Waals surface area contributed by atoms with Gasteiger partial charge in [-0.05, 0) is 35.7 Å². The van der Waals surface area contributed by atoms with Gasteiger partial charge in [-0.15, -0.1) is 0 Å². The molecule has 0 saturated carbocycles. The first kappa shape index (κ1) is 17.3. The van der Waals surface area contributed by atoms with Gasteiger partial charge in [0.1, 0.15) is 13.2 Å². The number of carbonyl (C=O) groups is 1. The predicted octanol–water partition coefficient (Wildman–Crippen LogP) is 3.32. The minimum absolute atomic E-state index is 0.0928. The monoisotopic (exact) mass is 365 g/mol. The van der Waals surface area contributed by atoms with Gasteiger partial charge >= 0.3 is 6.03 Å². The van der Waals surface area contributed by atoms with Crippen molar-refractivity contribution in [3.05, 3.63) is 59.8 Å². The molecule has 6 nitrogen and oxygen atoms in total. The van der Waals surface area contributed by atoms with Crippen molar-refractivity contribution >= 4 is 16.9 Å². The largest absolute Gasteiger partial charge is 0.486 e. The fourth-order valence-corrected chi connectivity index (χ4v) is 3.31. The van der Waals surface area contributed by atoms with Gasteiger partial charge in [0.2, 0.25) is 0 Å². The molecule has 6 heteroatoms. The molecule has 1 aliphatic heterocycles. The summed E-state index contributed by atoms with van der Waals surface area (Å²) in [7, 11) is 1.79. The van der Waals surface area contributed by atoms with Crippen LogP contribution in [-0.2, 0) is 13.0 Å². The Kier molecular flexibility index (Phi) is 4.87. The summed E-state index contributed by atoms with van der Waals surface area (Å²) in [6.45, 7) is 2.23. The molecule has 1 aromatic heterocycles. The highest BCUT2D eigenvalue weighted by atomic mass is 16.6. The van der Waals surface area contributed by atoms with E-state index in [0.717, 1.165) is 29.0 Å². The molecule has 0 aliphatic carbocycles. The number of aromatic amines is 1. The zero-order chi connectivity index (χ0) is 18.6. The molecule has 0 atom stereocenters. The number of benzene rings is 2. The number of rotatable bonds is 5. The standard InChI is InChI=1S/C21H23N3O3/c1-24(14-15-6-7-19-20(12-15)27-11-10-26-19)21(25)22-9-8-16-13-23-18-5-3-2-4-17(16)18/h2-7,12-13,23H,8-11,14H2,1H3,(H,22,25). The van der Waals surface area contributed by atoms with E-state index in [9.17, 15) is 4.79 Å². The molecule has 3 aromatic rings. The van der Waals surface area contributed by atoms with Crippen LogP contribution in [0.1, 0.15) is 11.1 Å². The van der Waals surface area contributed by atoms with Crippen LogP contribution in [0.5, 0.6) is 11.5 Å². The number of amides is 2. The number of hydrogen-bond acceptors (Lipinski definition) is 3. The Morgan fingerprint density at radius 3 is 2.85 bits per heavy atom. The number of H-pyrrole nitrogens is 1. The normalized spacial score (nSPS) is 12.8. The first-order chi connectivity index (χ1) is 13.2. The Bertz CT molecular complexity index is 951. The molecule has 2 N–H and O–H groups in total. The number of nitrogens with one attached hydrogen (secondary N) is 2. The maximum Gasteiger partial charge on any atom is 0.317 e. The molecule has 2 aromatic carbocycles. The third kappa shape index (κ3) is 3.84. The molecule has 0 bridgehead atoms. The Balaban J connectivity index is 1.30. The topological polar surface area (TPSA) is 66.6 Å². The Hall–Kier alpha value is -3.15. The lowest BCUT2D eigenvalue weighted by Crippen LogP contribution is -2.37. The van der Waals surface area contributed by atoms with Gasteiger partial charge < -0.3 is 24.7 Å². The van der Waals surface area contributed by atoms with Crippen LogP contribution in [-0.4, -0.2) is 42.7 Å². The van der Waals surface area contributed by atoms with Gasteiger partial charge in [-0.25, -0.2) is 4.79 Å². The molecule has 27 heavy (non-hydrogen) atoms. The van der Waals surface area contributed by atoms with Crippen LogP contribution in [0.25, 0.3) is 10.9 Å². The lowest BCUT2D eigenvalue weighted by molar-refractivity contribution is 0.171. The van der Waals surface area contributed by atoms with Gasteiger partial charge in [-0.3, -0.25) is 0 Å². The van der Waals surface area contributed by atoms with Crippen LogP contribution < -0.4 is 14.8 Å². The quantitative estimate of drug-likeness (QED) is 0.729. The molecular weight excluding hydrogens is 342 g/mol. The predicted molar refractivity (Wildman–Crippen MR) is 104 cm³/mol. The Morgan fingerprint density at radius 1 is 1.15 bits per heavy atom. The maximum absolute atomic E-state index is 12.4. The van der Waals surface area contributed by atoms with Gasteiger partial charge in [-0.1, -0.05) is 24.3 Å². The summed E-state index contributed by atoms with van der Waals surface area (Å²) in [5, 5.41) is 4.19. The second-order valence-electron chi connectivity index (χ2n) is 6.68. The lowest BCUT2D eigenvalue weighted by atomic mass is 10.1. The lowest BCUT2D eigenvalue weighted by Gasteiger charge is -2.21. The van der Waals surface area contributed by atoms with Crippen molar-refractivity contribution in [2.24, 2.45) is 0 Å². The highest BCUT2D eigenvalue weighted by molar-refractivity contribution is 5.83. The molecule has 2 heterocycles. The molecule has 0 saturated heterocycles. The summed E-state index contributed by atoms with van der Waals surface area (Å²) < 4.78 is 11.1. The van der Waals surface area contributed by atoms with Gasteiger partial charge in [0, 0.05) is 37.2 Å². The van der Waals surface area contributed by atoms with E-state index in [0.29, 0.717) is 26.3 Å². The zero-order valence-electron chi connectivity index (χ0n) is 15.3. The number of urea groups is 1. The second-order valence-corrected chi connectivity index (χ2v) is 6.68. The van der Waals surface area contributed by atoms with E-state index in [-0.39, 0.29) is 6.03 Å². The van der Waals surface area contributed by atoms with Gasteiger partial charge in [0.25, 0.3) is 0 Å². The number of carbonyl (C=O) groups excluding carboxylic acids is 1. The fraction of sp³-hybridized carbons (Fsp3) is 0.286. The van der Waals surface area contributed by atoms with Crippen molar-refractivity contribution in [3.8, 4) is 11.5 Å². The summed E-state index contributed by atoms with van der Waals surface area (Å²) in [5.41, 5.74) is 3.34. The van der Waals surface area contributed by atoms with Crippen LogP contribution >= 0.6 is 0 Å². The van der Waals surface area contributed by atoms with E-state index < -0.39 is 0 Å². The number of hydrogen-bond donors (Lipinski definition) is 2. The summed E-state index contributed by atoms with van der Waals surface area (Å²) in [6.07, 6.45) is 2.79. The van der Waals surface area contributed by atoms with Crippen molar-refractivity contribution in [1.29, 1.82) is 0 Å². The third-order valence-electron chi connectivity index (χ3n) is 4.72. The van der Waals surface area contributed by atoms with E-state index in [4.69, 9.17) is 9.47 Å². The van der Waals surface area contributed by atoms with Crippen LogP contribution in [0.15, 0.2) is 48.7 Å². The van der Waals surface area contributed by atoms with Gasteiger partial charge in [-0.2, -0.15) is 0 Å². The van der Waals surface area contributed by atoms with Crippen molar-refractivity contribution in [1.82, 2.24) is 15.2 Å². The SMILES string of the molecule is CN(Cc1ccc2c(c1)OCCO2)C(=O)NCCc1c[nH]c2ccccc12. The molecule has 0 fully saturated rings. The fourth-order valence-electron chi connectivity index (χ4n) is 3.31. The van der Waals surface area contributed by atoms with E-state index in [1.54, 1.807) is 11.9 Å². The van der Waals surface area contributed by atoms with E-state index >= 15 is 0 Å². The summed E-state index contributed by atoms with van der Waals surface area (Å²) in [4.78, 5) is 17.3. The zero-order valence-corrected chi connectivity index (χ0v) is 15.3. The highest BCUT2D eigenvalue weighted by Crippen LogP contribution is 2.31. The first-order valence-electron chi connectivity index (χ1n) is 9.13. The number of ether oxygens (including phenoxy) is 2. The first-order valence-corrected chi connectivity index (χ1v) is 9.13. The summed E-state index contributed by atoms with van der Waals surface area (Å²) >= 11 is 0. The third-order valence-corrected chi connectivity index (χ3v) is 4.72. The second kappa shape index (κ2) is 7.61. The minimum Gasteiger partial charge on any atom is -0.486 e. The number of aromatic nitrogens is 1.